The van der Waals surface area contributed by atoms with Gasteiger partial charge >= 0.3 is 11.8 Å². The summed E-state index contributed by atoms with van der Waals surface area (Å²) >= 11 is 0. The highest BCUT2D eigenvalue weighted by Crippen LogP contribution is 2.36. The topological polar surface area (TPSA) is 127 Å². The van der Waals surface area contributed by atoms with Crippen molar-refractivity contribution in [2.24, 2.45) is 0 Å². The maximum Gasteiger partial charge on any atom is 0.312 e. The molecule has 1 aliphatic rings. The van der Waals surface area contributed by atoms with Crippen molar-refractivity contribution in [3.63, 3.8) is 0 Å². The van der Waals surface area contributed by atoms with Gasteiger partial charge in [0, 0.05) is 24.9 Å². The summed E-state index contributed by atoms with van der Waals surface area (Å²) in [5, 5.41) is 7.96. The minimum absolute atomic E-state index is 0.123. The third kappa shape index (κ3) is 2.88. The van der Waals surface area contributed by atoms with Crippen LogP contribution >= 0.6 is 0 Å². The highest BCUT2D eigenvalue weighted by atomic mass is 16.4. The smallest absolute Gasteiger partial charge is 0.312 e. The Labute approximate surface area is 181 Å². The van der Waals surface area contributed by atoms with E-state index in [1.807, 2.05) is 31.2 Å². The highest BCUT2D eigenvalue weighted by molar-refractivity contribution is 5.90. The zero-order valence-corrected chi connectivity index (χ0v) is 17.0. The molecule has 1 atom stereocenters. The number of H-pyrrole nitrogens is 1. The Morgan fingerprint density at radius 1 is 1.12 bits per heavy atom. The van der Waals surface area contributed by atoms with Gasteiger partial charge in [-0.05, 0) is 30.7 Å². The van der Waals surface area contributed by atoms with Crippen molar-refractivity contribution in [1.82, 2.24) is 35.0 Å². The number of carbonyl (C=O) groups is 1. The summed E-state index contributed by atoms with van der Waals surface area (Å²) in [5.74, 6) is 0.0276. The van der Waals surface area contributed by atoms with Gasteiger partial charge in [-0.2, -0.15) is 0 Å². The lowest BCUT2D eigenvalue weighted by molar-refractivity contribution is 0.0627. The maximum absolute atomic E-state index is 13.4. The number of imidazole rings is 1. The molecule has 5 heterocycles. The molecule has 0 saturated carbocycles. The minimum atomic E-state index is -0.616. The van der Waals surface area contributed by atoms with Gasteiger partial charge in [-0.15, -0.1) is 10.2 Å². The molecule has 0 spiro atoms. The monoisotopic (exact) mass is 427 g/mol. The molecule has 10 nitrogen and oxygen atoms in total. The predicted octanol–water partition coefficient (Wildman–Crippen LogP) is 3.09. The molecule has 5 aromatic rings. The third-order valence-corrected chi connectivity index (χ3v) is 5.55. The molecule has 1 aliphatic heterocycles. The average Bonchev–Trinajstić information content (AvgIpc) is 3.58. The first kappa shape index (κ1) is 18.4. The molecule has 0 aliphatic carbocycles. The van der Waals surface area contributed by atoms with Gasteiger partial charge in [0.05, 0.1) is 12.0 Å². The lowest BCUT2D eigenvalue weighted by Crippen LogP contribution is -2.41. The zero-order chi connectivity index (χ0) is 21.7. The van der Waals surface area contributed by atoms with E-state index in [9.17, 15) is 4.79 Å². The van der Waals surface area contributed by atoms with Crippen LogP contribution in [0.15, 0.2) is 57.8 Å². The lowest BCUT2D eigenvalue weighted by atomic mass is 10.0. The van der Waals surface area contributed by atoms with E-state index in [0.717, 1.165) is 16.8 Å². The standard InChI is InChI=1S/C22H17N7O3/c1-12-5-4-7-15-16(12)26-20(31-15)18-17-13(24-11-25-17)8-10-29(18)22(30)21-28-27-19(32-21)14-6-2-3-9-23-14/h2-7,9,11,18H,8,10H2,1H3,(H,24,25)/t18-/m0/s1. The molecule has 32 heavy (non-hydrogen) atoms. The van der Waals surface area contributed by atoms with Crippen molar-refractivity contribution < 1.29 is 13.6 Å². The molecule has 0 unspecified atom stereocenters. The second kappa shape index (κ2) is 7.12. The number of nitrogens with zero attached hydrogens (tertiary/aromatic N) is 6. The van der Waals surface area contributed by atoms with E-state index in [1.165, 1.54) is 0 Å². The number of amides is 1. The normalized spacial score (nSPS) is 15.8. The number of aromatic nitrogens is 6. The van der Waals surface area contributed by atoms with Crippen LogP contribution in [0.2, 0.25) is 0 Å². The van der Waals surface area contributed by atoms with Crippen molar-refractivity contribution in [2.75, 3.05) is 6.54 Å². The zero-order valence-electron chi connectivity index (χ0n) is 17.0. The molecule has 10 heteroatoms. The molecular formula is C22H17N7O3. The van der Waals surface area contributed by atoms with Gasteiger partial charge in [0.25, 0.3) is 5.89 Å². The Hall–Kier alpha value is -4.34. The molecule has 158 valence electrons. The number of carbonyl (C=O) groups excluding carboxylic acids is 1. The second-order valence-electron chi connectivity index (χ2n) is 7.52. The molecule has 0 radical (unpaired) electrons. The van der Waals surface area contributed by atoms with Crippen molar-refractivity contribution in [1.29, 1.82) is 0 Å². The fourth-order valence-corrected chi connectivity index (χ4v) is 3.99. The van der Waals surface area contributed by atoms with Crippen LogP contribution in [0, 0.1) is 6.92 Å². The minimum Gasteiger partial charge on any atom is -0.438 e. The van der Waals surface area contributed by atoms with Crippen molar-refractivity contribution in [2.45, 2.75) is 19.4 Å². The highest BCUT2D eigenvalue weighted by Gasteiger charge is 2.39. The Morgan fingerprint density at radius 3 is 2.91 bits per heavy atom. The number of fused-ring (bicyclic) bond motifs is 2. The average molecular weight is 427 g/mol. The van der Waals surface area contributed by atoms with E-state index in [2.05, 4.69) is 25.1 Å². The summed E-state index contributed by atoms with van der Waals surface area (Å²) < 4.78 is 11.7. The number of oxazole rings is 1. The number of para-hydroxylation sites is 1. The second-order valence-corrected chi connectivity index (χ2v) is 7.52. The molecular weight excluding hydrogens is 410 g/mol. The predicted molar refractivity (Wildman–Crippen MR) is 111 cm³/mol. The number of aromatic amines is 1. The fourth-order valence-electron chi connectivity index (χ4n) is 3.99. The Balaban J connectivity index is 1.41. The number of rotatable bonds is 3. The van der Waals surface area contributed by atoms with Gasteiger partial charge < -0.3 is 18.7 Å². The summed E-state index contributed by atoms with van der Waals surface area (Å²) in [7, 11) is 0. The van der Waals surface area contributed by atoms with Gasteiger partial charge in [0.15, 0.2) is 11.6 Å². The van der Waals surface area contributed by atoms with Gasteiger partial charge in [0.2, 0.25) is 5.89 Å². The van der Waals surface area contributed by atoms with Gasteiger partial charge in [-0.25, -0.2) is 9.97 Å². The van der Waals surface area contributed by atoms with Crippen LogP contribution in [0.3, 0.4) is 0 Å². The number of pyridine rings is 1. The number of hydrogen-bond donors (Lipinski definition) is 1. The molecule has 1 amide bonds. The van der Waals surface area contributed by atoms with E-state index in [-0.39, 0.29) is 11.8 Å². The van der Waals surface area contributed by atoms with Crippen LogP contribution in [0.25, 0.3) is 22.7 Å². The third-order valence-electron chi connectivity index (χ3n) is 5.55. The quantitative estimate of drug-likeness (QED) is 0.465. The van der Waals surface area contributed by atoms with Crippen molar-refractivity contribution >= 4 is 17.0 Å². The van der Waals surface area contributed by atoms with E-state index in [4.69, 9.17) is 13.8 Å². The Morgan fingerprint density at radius 2 is 2.06 bits per heavy atom. The molecule has 1 aromatic carbocycles. The first-order valence-corrected chi connectivity index (χ1v) is 10.1. The molecule has 0 saturated heterocycles. The summed E-state index contributed by atoms with van der Waals surface area (Å²) in [4.78, 5) is 31.6. The van der Waals surface area contributed by atoms with E-state index < -0.39 is 11.9 Å². The van der Waals surface area contributed by atoms with E-state index in [0.29, 0.717) is 35.8 Å². The van der Waals surface area contributed by atoms with E-state index in [1.54, 1.807) is 29.6 Å². The summed E-state index contributed by atoms with van der Waals surface area (Å²) in [5.41, 5.74) is 4.54. The Kier molecular flexibility index (Phi) is 4.10. The number of hydrogen-bond acceptors (Lipinski definition) is 8. The van der Waals surface area contributed by atoms with Crippen LogP contribution in [-0.4, -0.2) is 47.5 Å². The Bertz CT molecular complexity index is 1440. The van der Waals surface area contributed by atoms with Crippen LogP contribution in [0.5, 0.6) is 0 Å². The first-order chi connectivity index (χ1) is 15.7. The fraction of sp³-hybridized carbons (Fsp3) is 0.182. The maximum atomic E-state index is 13.4. The summed E-state index contributed by atoms with van der Waals surface area (Å²) in [6.07, 6.45) is 3.85. The van der Waals surface area contributed by atoms with Gasteiger partial charge in [-0.1, -0.05) is 18.2 Å². The van der Waals surface area contributed by atoms with Crippen LogP contribution < -0.4 is 0 Å². The van der Waals surface area contributed by atoms with Crippen LogP contribution in [-0.2, 0) is 6.42 Å². The first-order valence-electron chi connectivity index (χ1n) is 10.1. The molecule has 4 aromatic heterocycles. The molecule has 0 fully saturated rings. The molecule has 0 bridgehead atoms. The van der Waals surface area contributed by atoms with Crippen molar-refractivity contribution in [3.8, 4) is 11.6 Å². The summed E-state index contributed by atoms with van der Waals surface area (Å²) in [6.45, 7) is 2.38. The largest absolute Gasteiger partial charge is 0.438 e. The van der Waals surface area contributed by atoms with Crippen LogP contribution in [0.1, 0.15) is 39.6 Å². The summed E-state index contributed by atoms with van der Waals surface area (Å²) in [6, 6.07) is 10.5. The molecule has 1 N–H and O–H groups in total. The number of aryl methyl sites for hydroxylation is 1. The van der Waals surface area contributed by atoms with E-state index >= 15 is 0 Å². The number of nitrogens with one attached hydrogen (secondary N) is 1. The SMILES string of the molecule is Cc1cccc2oc([C@@H]3c4nc[nH]c4CCN3C(=O)c3nnc(-c4ccccn4)o3)nc12. The number of benzene rings is 1. The van der Waals surface area contributed by atoms with Crippen LogP contribution in [0.4, 0.5) is 0 Å². The lowest BCUT2D eigenvalue weighted by Gasteiger charge is -2.31. The van der Waals surface area contributed by atoms with Gasteiger partial charge in [-0.3, -0.25) is 9.78 Å². The van der Waals surface area contributed by atoms with Crippen molar-refractivity contribution in [3.05, 3.63) is 77.7 Å². The molecule has 6 rings (SSSR count). The van der Waals surface area contributed by atoms with Gasteiger partial charge in [0.1, 0.15) is 11.2 Å².